The van der Waals surface area contributed by atoms with Gasteiger partial charge >= 0.3 is 59.7 Å². The second-order valence-electron chi connectivity index (χ2n) is 20.5. The van der Waals surface area contributed by atoms with E-state index < -0.39 is 95.6 Å². The summed E-state index contributed by atoms with van der Waals surface area (Å²) in [5.41, 5.74) is 1.89. The molecule has 2 saturated carbocycles. The van der Waals surface area contributed by atoms with Gasteiger partial charge in [-0.2, -0.15) is 10.5 Å². The lowest BCUT2D eigenvalue weighted by molar-refractivity contribution is -0.157. The Morgan fingerprint density at radius 2 is 0.931 bits per heavy atom. The minimum absolute atomic E-state index is 0.0471. The molecule has 1 aliphatic heterocycles. The Hall–Kier alpha value is -8.74. The van der Waals surface area contributed by atoms with E-state index in [0.717, 1.165) is 46.8 Å². The third-order valence-corrected chi connectivity index (χ3v) is 16.6. The number of allylic oxidation sites excluding steroid dienone is 1. The van der Waals surface area contributed by atoms with Gasteiger partial charge in [-0.15, -0.1) is 0 Å². The smallest absolute Gasteiger partial charge is 0.330 e. The Bertz CT molecular complexity index is 3170. The number of carbonyl (C=O) groups is 10. The van der Waals surface area contributed by atoms with Crippen molar-refractivity contribution in [1.29, 1.82) is 10.5 Å². The minimum Gasteiger partial charge on any atom is -0.465 e. The molecule has 22 nitrogen and oxygen atoms in total. The largest absolute Gasteiger partial charge is 0.465 e. The zero-order valence-corrected chi connectivity index (χ0v) is 50.0. The first-order valence-corrected chi connectivity index (χ1v) is 29.8. The van der Waals surface area contributed by atoms with Crippen molar-refractivity contribution < 1.29 is 95.3 Å². The SMILES string of the molecule is C=CC(=O)OCC(C)OC(=O)CCC(=O)OCCc1ccc(OC(=O)[C@H]2CC[C@H](C(=O)Oc3c(C)cc(OC(=O)[C@H]4CC[C@H](C(=O)Oc5ccc(CCOC(=O)CCC(=O)OCC(C)OC(=O)C=C)cc5)CC4)c4c3SC(=C(C#N)C#N)S4)CC2)cc1. The number of hydrogen-bond donors (Lipinski definition) is 0. The average Bonchev–Trinajstić information content (AvgIpc) is 1.96. The van der Waals surface area contributed by atoms with Crippen molar-refractivity contribution in [3.8, 4) is 35.1 Å². The summed E-state index contributed by atoms with van der Waals surface area (Å²) in [7, 11) is 0. The molecule has 2 fully saturated rings. The van der Waals surface area contributed by atoms with E-state index >= 15 is 0 Å². The molecule has 2 aliphatic carbocycles. The zero-order valence-electron chi connectivity index (χ0n) is 48.3. The van der Waals surface area contributed by atoms with Crippen LogP contribution in [0.15, 0.2) is 99.5 Å². The average molecular weight is 1240 g/mol. The molecule has 0 saturated heterocycles. The highest BCUT2D eigenvalue weighted by Crippen LogP contribution is 2.60. The maximum atomic E-state index is 13.8. The molecule has 0 bridgehead atoms. The molecule has 460 valence electrons. The second-order valence-corrected chi connectivity index (χ2v) is 22.8. The van der Waals surface area contributed by atoms with Crippen molar-refractivity contribution in [3.05, 3.63) is 106 Å². The number of carbonyl (C=O) groups excluding carboxylic acids is 10. The Balaban J connectivity index is 0.916. The molecule has 2 unspecified atom stereocenters. The van der Waals surface area contributed by atoms with Gasteiger partial charge in [0.25, 0.3) is 0 Å². The van der Waals surface area contributed by atoms with Crippen molar-refractivity contribution in [2.45, 2.75) is 133 Å². The maximum absolute atomic E-state index is 13.8. The van der Waals surface area contributed by atoms with E-state index in [1.54, 1.807) is 75.4 Å². The molecule has 0 aromatic heterocycles. The number of nitriles is 2. The molecule has 0 radical (unpaired) electrons. The van der Waals surface area contributed by atoms with Crippen LogP contribution in [0.25, 0.3) is 0 Å². The molecule has 2 atom stereocenters. The molecule has 0 amide bonds. The summed E-state index contributed by atoms with van der Waals surface area (Å²) in [6, 6.07) is 18.8. The van der Waals surface area contributed by atoms with E-state index in [2.05, 4.69) is 13.2 Å². The van der Waals surface area contributed by atoms with Gasteiger partial charge in [-0.3, -0.25) is 38.4 Å². The first kappa shape index (κ1) is 67.4. The third kappa shape index (κ3) is 21.3. The minimum atomic E-state index is -0.700. The Labute approximate surface area is 511 Å². The zero-order chi connectivity index (χ0) is 63.0. The summed E-state index contributed by atoms with van der Waals surface area (Å²) >= 11 is 2.12. The van der Waals surface area contributed by atoms with Gasteiger partial charge in [-0.05, 0) is 119 Å². The highest BCUT2D eigenvalue weighted by atomic mass is 32.2. The molecule has 1 heterocycles. The number of benzene rings is 3. The van der Waals surface area contributed by atoms with Crippen LogP contribution in [0.5, 0.6) is 23.0 Å². The first-order chi connectivity index (χ1) is 41.7. The van der Waals surface area contributed by atoms with Crippen molar-refractivity contribution >= 4 is 83.2 Å². The highest BCUT2D eigenvalue weighted by Gasteiger charge is 2.38. The fourth-order valence-electron chi connectivity index (χ4n) is 9.15. The van der Waals surface area contributed by atoms with E-state index in [1.165, 1.54) is 0 Å². The molecule has 24 heteroatoms. The van der Waals surface area contributed by atoms with Crippen molar-refractivity contribution in [1.82, 2.24) is 0 Å². The second kappa shape index (κ2) is 33.8. The van der Waals surface area contributed by atoms with Gasteiger partial charge in [-0.1, -0.05) is 60.9 Å². The molecule has 0 spiro atoms. The highest BCUT2D eigenvalue weighted by molar-refractivity contribution is 8.24. The summed E-state index contributed by atoms with van der Waals surface area (Å²) in [5, 5.41) is 19.5. The summed E-state index contributed by atoms with van der Waals surface area (Å²) in [5.74, 6) is -6.80. The quantitative estimate of drug-likeness (QED) is 0.0215. The number of ether oxygens (including phenoxy) is 10. The first-order valence-electron chi connectivity index (χ1n) is 28.2. The lowest BCUT2D eigenvalue weighted by Gasteiger charge is -2.27. The molecule has 3 aromatic rings. The summed E-state index contributed by atoms with van der Waals surface area (Å²) in [6.45, 7) is 11.1. The van der Waals surface area contributed by atoms with Crippen LogP contribution >= 0.6 is 23.5 Å². The van der Waals surface area contributed by atoms with Crippen LogP contribution in [0.2, 0.25) is 0 Å². The summed E-state index contributed by atoms with van der Waals surface area (Å²) < 4.78 is 54.1. The van der Waals surface area contributed by atoms with Crippen LogP contribution in [0.1, 0.15) is 108 Å². The van der Waals surface area contributed by atoms with Crippen molar-refractivity contribution in [2.75, 3.05) is 26.4 Å². The standard InChI is InChI=1S/C63H66N2O20S2/c1-6-50(66)78-35-39(5)81-55(71)27-26-53(69)77-31-29-41-10-22-48(23-11-41)83-60(73)43-14-18-45(19-15-43)62(75)85-56-37(3)32-49(57-58(56)87-63(86-57)46(33-64)34-65)84-61(74)44-16-12-42(13-17-44)59(72)82-47-20-8-40(9-21-47)28-30-76-52(68)24-25-54(70)79-36-38(4)80-51(67)7-2/h6-11,20-23,32,38-39,42-45H,1-2,12-19,24-31,35-36H2,3-5H3/t38?,39?,42-,43-,44-,45-. The number of rotatable bonds is 28. The number of aryl methyl sites for hydroxylation is 1. The van der Waals surface area contributed by atoms with Crippen LogP contribution in [0.4, 0.5) is 0 Å². The Morgan fingerprint density at radius 3 is 1.39 bits per heavy atom. The molecular formula is C63H66N2O20S2. The van der Waals surface area contributed by atoms with E-state index in [0.29, 0.717) is 95.3 Å². The van der Waals surface area contributed by atoms with Crippen LogP contribution < -0.4 is 18.9 Å². The van der Waals surface area contributed by atoms with Gasteiger partial charge in [-0.25, -0.2) is 9.59 Å². The maximum Gasteiger partial charge on any atom is 0.330 e. The van der Waals surface area contributed by atoms with Crippen LogP contribution in [-0.2, 0) is 89.2 Å². The number of hydrogen-bond acceptors (Lipinski definition) is 24. The predicted octanol–water partition coefficient (Wildman–Crippen LogP) is 9.14. The third-order valence-electron chi connectivity index (χ3n) is 13.9. The summed E-state index contributed by atoms with van der Waals surface area (Å²) in [4.78, 5) is 126. The van der Waals surface area contributed by atoms with Gasteiger partial charge in [0, 0.05) is 25.0 Å². The van der Waals surface area contributed by atoms with E-state index in [1.807, 2.05) is 12.1 Å². The number of fused-ring (bicyclic) bond motifs is 1. The number of esters is 10. The fraction of sp³-hybridized carbons (Fsp3) is 0.429. The van der Waals surface area contributed by atoms with E-state index in [9.17, 15) is 58.5 Å². The number of nitrogens with zero attached hydrogens (tertiary/aromatic N) is 2. The van der Waals surface area contributed by atoms with Gasteiger partial charge in [0.05, 0.1) is 76.6 Å². The molecule has 87 heavy (non-hydrogen) atoms. The lowest BCUT2D eigenvalue weighted by Crippen LogP contribution is -2.31. The lowest BCUT2D eigenvalue weighted by atomic mass is 9.82. The molecular weight excluding hydrogens is 1170 g/mol. The Kier molecular flexibility index (Phi) is 26.2. The fourth-order valence-corrected chi connectivity index (χ4v) is 11.7. The van der Waals surface area contributed by atoms with Crippen molar-refractivity contribution in [3.63, 3.8) is 0 Å². The normalized spacial score (nSPS) is 17.3. The van der Waals surface area contributed by atoms with Gasteiger partial charge in [0.1, 0.15) is 66.1 Å². The topological polar surface area (TPSA) is 311 Å². The van der Waals surface area contributed by atoms with Gasteiger partial charge in [0.15, 0.2) is 0 Å². The van der Waals surface area contributed by atoms with E-state index in [-0.39, 0.29) is 69.2 Å². The van der Waals surface area contributed by atoms with Crippen LogP contribution in [0.3, 0.4) is 0 Å². The van der Waals surface area contributed by atoms with Gasteiger partial charge < -0.3 is 47.4 Å². The van der Waals surface area contributed by atoms with Gasteiger partial charge in [0.2, 0.25) is 0 Å². The molecule has 6 rings (SSSR count). The van der Waals surface area contributed by atoms with Crippen LogP contribution in [0, 0.1) is 53.3 Å². The molecule has 3 aromatic carbocycles. The Morgan fingerprint density at radius 1 is 0.529 bits per heavy atom. The number of thioether (sulfide) groups is 2. The van der Waals surface area contributed by atoms with E-state index in [4.69, 9.17) is 47.4 Å². The monoisotopic (exact) mass is 1230 g/mol. The predicted molar refractivity (Wildman–Crippen MR) is 309 cm³/mol. The molecule has 0 N–H and O–H groups in total. The van der Waals surface area contributed by atoms with Crippen LogP contribution in [-0.4, -0.2) is 98.3 Å². The van der Waals surface area contributed by atoms with Crippen molar-refractivity contribution in [2.24, 2.45) is 23.7 Å². The molecule has 3 aliphatic rings. The summed E-state index contributed by atoms with van der Waals surface area (Å²) in [6.07, 6.45) is 3.31.